The van der Waals surface area contributed by atoms with E-state index in [2.05, 4.69) is 0 Å². The first-order valence-electron chi connectivity index (χ1n) is 14.3. The molecule has 216 valence electrons. The van der Waals surface area contributed by atoms with Gasteiger partial charge in [0.2, 0.25) is 0 Å². The lowest BCUT2D eigenvalue weighted by molar-refractivity contribution is -0.471. The molecule has 4 aromatic carbocycles. The maximum Gasteiger partial charge on any atom is 0.178 e. The summed E-state index contributed by atoms with van der Waals surface area (Å²) < 4.78 is 26.6. The maximum absolute atomic E-state index is 12.5. The molecule has 1 aliphatic rings. The number of hydrogen-bond donors (Lipinski definition) is 0. The molecule has 0 saturated heterocycles. The van der Waals surface area contributed by atoms with E-state index < -0.39 is 18.3 Å². The molecule has 6 heteroatoms. The zero-order chi connectivity index (χ0) is 28.8. The Hall–Kier alpha value is -4.07. The van der Waals surface area contributed by atoms with Crippen LogP contribution in [-0.4, -0.2) is 42.0 Å². The van der Waals surface area contributed by atoms with Crippen LogP contribution in [0.2, 0.25) is 0 Å². The lowest BCUT2D eigenvalue weighted by Crippen LogP contribution is -2.51. The molecule has 0 aliphatic heterocycles. The highest BCUT2D eigenvalue weighted by Gasteiger charge is 2.39. The predicted molar refractivity (Wildman–Crippen MR) is 164 cm³/mol. The van der Waals surface area contributed by atoms with E-state index in [9.17, 15) is 5.21 Å². The zero-order valence-electron chi connectivity index (χ0n) is 23.6. The molecule has 0 bridgehead atoms. The average molecular weight is 564 g/mol. The molecular weight excluding hydrogens is 526 g/mol. The number of hydroxylamine groups is 1. The van der Waals surface area contributed by atoms with Crippen molar-refractivity contribution < 1.29 is 23.7 Å². The molecule has 0 heterocycles. The van der Waals surface area contributed by atoms with E-state index in [0.717, 1.165) is 27.0 Å². The monoisotopic (exact) mass is 563 g/mol. The Kier molecular flexibility index (Phi) is 11.1. The third-order valence-electron chi connectivity index (χ3n) is 7.07. The van der Waals surface area contributed by atoms with Crippen molar-refractivity contribution in [3.63, 3.8) is 0 Å². The molecule has 6 nitrogen and oxygen atoms in total. The van der Waals surface area contributed by atoms with E-state index in [1.807, 2.05) is 133 Å². The van der Waals surface area contributed by atoms with Gasteiger partial charge in [-0.1, -0.05) is 133 Å². The lowest BCUT2D eigenvalue weighted by Gasteiger charge is -2.38. The summed E-state index contributed by atoms with van der Waals surface area (Å²) in [5.74, 6) is 0. The fraction of sp³-hybridized carbons (Fsp3) is 0.250. The molecule has 1 aliphatic carbocycles. The van der Waals surface area contributed by atoms with Crippen LogP contribution in [-0.2, 0) is 45.3 Å². The van der Waals surface area contributed by atoms with Gasteiger partial charge < -0.3 is 24.2 Å². The van der Waals surface area contributed by atoms with Crippen molar-refractivity contribution in [3.8, 4) is 0 Å². The molecule has 0 spiro atoms. The fourth-order valence-electron chi connectivity index (χ4n) is 4.86. The third-order valence-corrected chi connectivity index (χ3v) is 7.07. The molecule has 4 aromatic rings. The van der Waals surface area contributed by atoms with E-state index in [1.165, 1.54) is 6.21 Å². The van der Waals surface area contributed by atoms with Gasteiger partial charge in [0.25, 0.3) is 0 Å². The SMILES string of the molecule is [O-]/[N+](=C\CO[C@H]1C=C[C@H](OCc2ccccc2)[C@@H](OCc2ccccc2)[C@@H]1OCc1ccccc1)Cc1ccccc1. The van der Waals surface area contributed by atoms with Crippen molar-refractivity contribution in [2.24, 2.45) is 0 Å². The summed E-state index contributed by atoms with van der Waals surface area (Å²) >= 11 is 0. The Morgan fingerprint density at radius 3 is 1.33 bits per heavy atom. The summed E-state index contributed by atoms with van der Waals surface area (Å²) in [7, 11) is 0. The quantitative estimate of drug-likeness (QED) is 0.0578. The summed E-state index contributed by atoms with van der Waals surface area (Å²) in [6, 6.07) is 39.8. The lowest BCUT2D eigenvalue weighted by atomic mass is 9.95. The number of benzene rings is 4. The number of rotatable bonds is 14. The molecule has 0 radical (unpaired) electrons. The van der Waals surface area contributed by atoms with Crippen LogP contribution < -0.4 is 0 Å². The van der Waals surface area contributed by atoms with Crippen molar-refractivity contribution in [2.75, 3.05) is 6.61 Å². The Labute approximate surface area is 248 Å². The summed E-state index contributed by atoms with van der Waals surface area (Å²) in [5.41, 5.74) is 4.13. The highest BCUT2D eigenvalue weighted by atomic mass is 16.6. The first kappa shape index (κ1) is 29.4. The van der Waals surface area contributed by atoms with Crippen molar-refractivity contribution in [1.82, 2.24) is 0 Å². The van der Waals surface area contributed by atoms with E-state index in [4.69, 9.17) is 18.9 Å². The van der Waals surface area contributed by atoms with Gasteiger partial charge in [-0.3, -0.25) is 0 Å². The molecule has 5 rings (SSSR count). The third kappa shape index (κ3) is 8.96. The van der Waals surface area contributed by atoms with Gasteiger partial charge in [-0.05, 0) is 16.7 Å². The molecular formula is C36H37NO5. The van der Waals surface area contributed by atoms with Crippen LogP contribution in [0.5, 0.6) is 0 Å². The molecule has 0 amide bonds. The van der Waals surface area contributed by atoms with E-state index in [-0.39, 0.29) is 19.3 Å². The Morgan fingerprint density at radius 1 is 0.500 bits per heavy atom. The van der Waals surface area contributed by atoms with Gasteiger partial charge >= 0.3 is 0 Å². The molecule has 42 heavy (non-hydrogen) atoms. The number of ether oxygens (including phenoxy) is 4. The molecule has 0 saturated carbocycles. The molecule has 4 atom stereocenters. The van der Waals surface area contributed by atoms with Gasteiger partial charge in [0.1, 0.15) is 31.0 Å². The minimum atomic E-state index is -0.470. The van der Waals surface area contributed by atoms with E-state index in [0.29, 0.717) is 19.8 Å². The maximum atomic E-state index is 12.5. The normalized spacial score (nSPS) is 20.4. The van der Waals surface area contributed by atoms with Gasteiger partial charge in [-0.2, -0.15) is 0 Å². The summed E-state index contributed by atoms with van der Waals surface area (Å²) in [4.78, 5) is 0. The smallest absolute Gasteiger partial charge is 0.178 e. The first-order chi connectivity index (χ1) is 20.7. The number of nitrogens with zero attached hydrogens (tertiary/aromatic N) is 1. The van der Waals surface area contributed by atoms with Crippen LogP contribution >= 0.6 is 0 Å². The largest absolute Gasteiger partial charge is 0.624 e. The highest BCUT2D eigenvalue weighted by Crippen LogP contribution is 2.27. The second kappa shape index (κ2) is 15.8. The Balaban J connectivity index is 1.33. The average Bonchev–Trinajstić information content (AvgIpc) is 3.04. The summed E-state index contributed by atoms with van der Waals surface area (Å²) in [6.07, 6.45) is 3.77. The second-order valence-corrected chi connectivity index (χ2v) is 10.2. The fourth-order valence-corrected chi connectivity index (χ4v) is 4.86. The van der Waals surface area contributed by atoms with Gasteiger partial charge in [0.05, 0.1) is 19.8 Å². The van der Waals surface area contributed by atoms with Crippen LogP contribution in [0.1, 0.15) is 22.3 Å². The van der Waals surface area contributed by atoms with Gasteiger partial charge in [0, 0.05) is 5.56 Å². The topological polar surface area (TPSA) is 63.0 Å². The standard InChI is InChI=1S/C36H37NO5/c38-37(25-29-13-5-1-6-14-29)23-24-39-33-21-22-34(40-26-30-15-7-2-8-16-30)36(42-28-32-19-11-4-12-20-32)35(33)41-27-31-17-9-3-10-18-31/h1-23,33-36H,24-28H2/b37-23-/t33-,34-,35+,36+/m0/s1. The van der Waals surface area contributed by atoms with E-state index in [1.54, 1.807) is 0 Å². The van der Waals surface area contributed by atoms with Gasteiger partial charge in [-0.25, -0.2) is 4.74 Å². The Bertz CT molecular complexity index is 1380. The summed E-state index contributed by atoms with van der Waals surface area (Å²) in [6.45, 7) is 1.63. The van der Waals surface area contributed by atoms with Gasteiger partial charge in [-0.15, -0.1) is 0 Å². The van der Waals surface area contributed by atoms with E-state index >= 15 is 0 Å². The van der Waals surface area contributed by atoms with Crippen molar-refractivity contribution >= 4 is 6.21 Å². The highest BCUT2D eigenvalue weighted by molar-refractivity contribution is 5.52. The van der Waals surface area contributed by atoms with Crippen molar-refractivity contribution in [3.05, 3.63) is 161 Å². The van der Waals surface area contributed by atoms with Crippen molar-refractivity contribution in [1.29, 1.82) is 0 Å². The van der Waals surface area contributed by atoms with Crippen LogP contribution in [0, 0.1) is 5.21 Å². The molecule has 0 aromatic heterocycles. The van der Waals surface area contributed by atoms with Gasteiger partial charge in [0.15, 0.2) is 12.8 Å². The summed E-state index contributed by atoms with van der Waals surface area (Å²) in [5, 5.41) is 12.5. The molecule has 0 unspecified atom stereocenters. The molecule has 0 N–H and O–H groups in total. The second-order valence-electron chi connectivity index (χ2n) is 10.2. The van der Waals surface area contributed by atoms with Crippen molar-refractivity contribution in [2.45, 2.75) is 50.8 Å². The Morgan fingerprint density at radius 2 is 0.881 bits per heavy atom. The van der Waals surface area contributed by atoms with Crippen LogP contribution in [0.4, 0.5) is 0 Å². The van der Waals surface area contributed by atoms with Crippen LogP contribution in [0.25, 0.3) is 0 Å². The minimum absolute atomic E-state index is 0.136. The van der Waals surface area contributed by atoms with Crippen LogP contribution in [0.15, 0.2) is 133 Å². The predicted octanol–water partition coefficient (Wildman–Crippen LogP) is 6.48. The first-order valence-corrected chi connectivity index (χ1v) is 14.3. The minimum Gasteiger partial charge on any atom is -0.624 e. The van der Waals surface area contributed by atoms with Crippen LogP contribution in [0.3, 0.4) is 0 Å². The molecule has 0 fully saturated rings. The number of hydrogen-bond acceptors (Lipinski definition) is 5. The zero-order valence-corrected chi connectivity index (χ0v) is 23.6.